The van der Waals surface area contributed by atoms with Gasteiger partial charge in [-0.1, -0.05) is 42.3 Å². The number of hydrogen-bond acceptors (Lipinski definition) is 5. The van der Waals surface area contributed by atoms with E-state index in [4.69, 9.17) is 4.74 Å². The van der Waals surface area contributed by atoms with E-state index in [0.717, 1.165) is 28.7 Å². The van der Waals surface area contributed by atoms with Crippen LogP contribution >= 0.6 is 11.5 Å². The van der Waals surface area contributed by atoms with Crippen LogP contribution in [0.5, 0.6) is 0 Å². The third-order valence-electron chi connectivity index (χ3n) is 5.75. The van der Waals surface area contributed by atoms with Crippen molar-refractivity contribution in [2.75, 3.05) is 5.32 Å². The zero-order valence-electron chi connectivity index (χ0n) is 18.4. The molecule has 3 aromatic rings. The molecule has 1 unspecified atom stereocenters. The minimum absolute atomic E-state index is 0.312. The van der Waals surface area contributed by atoms with Crippen molar-refractivity contribution in [1.29, 1.82) is 0 Å². The molecule has 0 fully saturated rings. The normalized spacial score (nSPS) is 15.5. The van der Waals surface area contributed by atoms with Crippen molar-refractivity contribution >= 4 is 29.3 Å². The maximum Gasteiger partial charge on any atom is 0.412 e. The van der Waals surface area contributed by atoms with Gasteiger partial charge in [0.05, 0.1) is 17.3 Å². The highest BCUT2D eigenvalue weighted by Crippen LogP contribution is 2.27. The predicted octanol–water partition coefficient (Wildman–Crippen LogP) is 5.35. The van der Waals surface area contributed by atoms with E-state index < -0.39 is 12.1 Å². The minimum Gasteiger partial charge on any atom is -0.481 e. The van der Waals surface area contributed by atoms with Gasteiger partial charge in [0.1, 0.15) is 11.0 Å². The second-order valence-corrected chi connectivity index (χ2v) is 8.84. The summed E-state index contributed by atoms with van der Waals surface area (Å²) in [7, 11) is 0. The summed E-state index contributed by atoms with van der Waals surface area (Å²) < 4.78 is 9.83. The monoisotopic (exact) mass is 460 g/mol. The number of nitrogens with zero attached hydrogens (tertiary/aromatic N) is 1. The number of aromatic nitrogens is 1. The summed E-state index contributed by atoms with van der Waals surface area (Å²) >= 11 is 1.23. The van der Waals surface area contributed by atoms with Gasteiger partial charge in [-0.05, 0) is 79.4 Å². The van der Waals surface area contributed by atoms with Gasteiger partial charge in [0, 0.05) is 5.56 Å². The number of carbonyl (C=O) groups is 2. The Morgan fingerprint density at radius 2 is 1.97 bits per heavy atom. The number of aryl methyl sites for hydroxylation is 2. The molecule has 7 heteroatoms. The van der Waals surface area contributed by atoms with Crippen LogP contribution in [0.4, 0.5) is 10.5 Å². The number of ether oxygens (including phenoxy) is 1. The molecule has 1 heterocycles. The molecule has 6 nitrogen and oxygen atoms in total. The molecule has 2 atom stereocenters. The van der Waals surface area contributed by atoms with E-state index in [9.17, 15) is 14.7 Å². The number of carboxylic acid groups (broad SMARTS) is 1. The van der Waals surface area contributed by atoms with Gasteiger partial charge in [-0.15, -0.1) is 0 Å². The van der Waals surface area contributed by atoms with Gasteiger partial charge in [0.25, 0.3) is 0 Å². The first kappa shape index (κ1) is 22.6. The van der Waals surface area contributed by atoms with Crippen molar-refractivity contribution in [1.82, 2.24) is 4.37 Å². The summed E-state index contributed by atoms with van der Waals surface area (Å²) in [6.07, 6.45) is 0.998. The molecule has 0 spiro atoms. The summed E-state index contributed by atoms with van der Waals surface area (Å²) in [5, 5.41) is 12.0. The number of aliphatic carboxylic acids is 1. The Morgan fingerprint density at radius 3 is 2.73 bits per heavy atom. The zero-order valence-corrected chi connectivity index (χ0v) is 19.2. The largest absolute Gasteiger partial charge is 0.481 e. The van der Waals surface area contributed by atoms with Crippen molar-refractivity contribution in [3.8, 4) is 11.8 Å². The molecule has 0 saturated heterocycles. The summed E-state index contributed by atoms with van der Waals surface area (Å²) in [4.78, 5) is 24.4. The molecule has 168 valence electrons. The Balaban J connectivity index is 1.46. The third kappa shape index (κ3) is 5.41. The first-order valence-electron chi connectivity index (χ1n) is 10.8. The number of nitrogens with one attached hydrogen (secondary N) is 1. The van der Waals surface area contributed by atoms with Gasteiger partial charge in [-0.2, -0.15) is 4.37 Å². The Kier molecular flexibility index (Phi) is 6.76. The van der Waals surface area contributed by atoms with Crippen LogP contribution < -0.4 is 5.32 Å². The number of benzene rings is 2. The van der Waals surface area contributed by atoms with Gasteiger partial charge in [-0.25, -0.2) is 4.79 Å². The fraction of sp³-hybridized carbons (Fsp3) is 0.269. The van der Waals surface area contributed by atoms with Crippen molar-refractivity contribution in [3.63, 3.8) is 0 Å². The number of rotatable bonds is 4. The summed E-state index contributed by atoms with van der Waals surface area (Å²) in [5.74, 6) is 5.22. The summed E-state index contributed by atoms with van der Waals surface area (Å²) in [6.45, 7) is 3.64. The molecule has 4 rings (SSSR count). The van der Waals surface area contributed by atoms with Crippen molar-refractivity contribution in [2.24, 2.45) is 5.92 Å². The topological polar surface area (TPSA) is 88.5 Å². The Labute approximate surface area is 196 Å². The summed E-state index contributed by atoms with van der Waals surface area (Å²) in [6, 6.07) is 15.4. The average molecular weight is 461 g/mol. The molecular weight excluding hydrogens is 436 g/mol. The first-order chi connectivity index (χ1) is 15.9. The van der Waals surface area contributed by atoms with Crippen LogP contribution in [0.3, 0.4) is 0 Å². The second-order valence-electron chi connectivity index (χ2n) is 8.07. The lowest BCUT2D eigenvalue weighted by Gasteiger charge is -2.21. The average Bonchev–Trinajstić information content (AvgIpc) is 3.16. The highest BCUT2D eigenvalue weighted by molar-refractivity contribution is 7.07. The van der Waals surface area contributed by atoms with E-state index in [2.05, 4.69) is 21.5 Å². The maximum absolute atomic E-state index is 12.5. The lowest BCUT2D eigenvalue weighted by molar-refractivity contribution is -0.142. The molecule has 0 saturated carbocycles. The van der Waals surface area contributed by atoms with Gasteiger partial charge in [-0.3, -0.25) is 10.1 Å². The van der Waals surface area contributed by atoms with Gasteiger partial charge >= 0.3 is 12.1 Å². The molecule has 1 amide bonds. The van der Waals surface area contributed by atoms with E-state index in [0.29, 0.717) is 29.1 Å². The van der Waals surface area contributed by atoms with Crippen molar-refractivity contribution < 1.29 is 19.4 Å². The lowest BCUT2D eigenvalue weighted by Crippen LogP contribution is -2.22. The van der Waals surface area contributed by atoms with Crippen LogP contribution in [0.25, 0.3) is 0 Å². The summed E-state index contributed by atoms with van der Waals surface area (Å²) in [5.41, 5.74) is 5.22. The fourth-order valence-corrected chi connectivity index (χ4v) is 4.57. The molecule has 1 aliphatic rings. The van der Waals surface area contributed by atoms with E-state index >= 15 is 0 Å². The minimum atomic E-state index is -0.734. The van der Waals surface area contributed by atoms with Crippen LogP contribution in [0.1, 0.15) is 52.3 Å². The Hall–Kier alpha value is -3.63. The van der Waals surface area contributed by atoms with E-state index in [1.165, 1.54) is 11.5 Å². The van der Waals surface area contributed by atoms with Crippen LogP contribution in [0.15, 0.2) is 48.5 Å². The molecule has 33 heavy (non-hydrogen) atoms. The number of carbonyl (C=O) groups excluding carboxylic acids is 1. The number of hydrogen-bond donors (Lipinski definition) is 2. The third-order valence-corrected chi connectivity index (χ3v) is 6.60. The number of fused-ring (bicyclic) bond motifs is 1. The molecule has 2 aromatic carbocycles. The molecular formula is C26H24N2O4S. The fourth-order valence-electron chi connectivity index (χ4n) is 3.86. The molecule has 0 radical (unpaired) electrons. The van der Waals surface area contributed by atoms with Gasteiger partial charge in [0.2, 0.25) is 0 Å². The molecule has 1 aliphatic carbocycles. The van der Waals surface area contributed by atoms with E-state index in [1.807, 2.05) is 62.4 Å². The first-order valence-corrected chi connectivity index (χ1v) is 11.5. The highest BCUT2D eigenvalue weighted by atomic mass is 32.1. The molecule has 2 N–H and O–H groups in total. The highest BCUT2D eigenvalue weighted by Gasteiger charge is 2.24. The molecule has 1 aromatic heterocycles. The number of amides is 1. The smallest absolute Gasteiger partial charge is 0.412 e. The number of carboxylic acids is 1. The van der Waals surface area contributed by atoms with Crippen LogP contribution in [0.2, 0.25) is 0 Å². The van der Waals surface area contributed by atoms with Crippen LogP contribution in [-0.2, 0) is 22.4 Å². The van der Waals surface area contributed by atoms with Crippen LogP contribution in [0, 0.1) is 24.7 Å². The molecule has 0 bridgehead atoms. The second kappa shape index (κ2) is 9.88. The van der Waals surface area contributed by atoms with E-state index in [-0.39, 0.29) is 12.0 Å². The van der Waals surface area contributed by atoms with E-state index in [1.54, 1.807) is 0 Å². The number of anilines is 1. The Bertz CT molecular complexity index is 1240. The lowest BCUT2D eigenvalue weighted by atomic mass is 9.83. The van der Waals surface area contributed by atoms with Crippen LogP contribution in [-0.4, -0.2) is 21.5 Å². The SMILES string of the molecule is Cc1nsc(C#Cc2ccc3c(c2)CCC(C(=O)O)C3)c1NC(=O)O[C@H](C)c1ccccc1. The van der Waals surface area contributed by atoms with Crippen molar-refractivity contribution in [2.45, 2.75) is 39.2 Å². The molecule has 0 aliphatic heterocycles. The van der Waals surface area contributed by atoms with Gasteiger partial charge in [0.15, 0.2) is 0 Å². The standard InChI is InChI=1S/C26H24N2O4S/c1-16-24(27-26(31)32-17(2)19-6-4-3-5-7-19)23(33-28-16)13-9-18-8-10-21-15-22(25(29)30)12-11-20(21)14-18/h3-8,10,14,17,22H,11-12,15H2,1-2H3,(H,27,31)(H,29,30)/t17-,22?/m1/s1. The maximum atomic E-state index is 12.5. The van der Waals surface area contributed by atoms with Gasteiger partial charge < -0.3 is 9.84 Å². The zero-order chi connectivity index (χ0) is 23.4. The quantitative estimate of drug-likeness (QED) is 0.513. The predicted molar refractivity (Wildman–Crippen MR) is 127 cm³/mol. The Morgan fingerprint density at radius 1 is 1.18 bits per heavy atom. The van der Waals surface area contributed by atoms with Crippen molar-refractivity contribution in [3.05, 3.63) is 81.4 Å².